The van der Waals surface area contributed by atoms with Crippen molar-refractivity contribution < 1.29 is 4.79 Å². The van der Waals surface area contributed by atoms with Crippen LogP contribution >= 0.6 is 11.3 Å². The number of aromatic nitrogens is 1. The number of carbonyl (C=O) groups excluding carboxylic acids is 1. The van der Waals surface area contributed by atoms with E-state index in [2.05, 4.69) is 16.9 Å². The van der Waals surface area contributed by atoms with E-state index in [-0.39, 0.29) is 5.91 Å². The monoisotopic (exact) mass is 233 g/mol. The molecule has 0 fully saturated rings. The van der Waals surface area contributed by atoms with Crippen molar-refractivity contribution in [1.82, 2.24) is 10.3 Å². The summed E-state index contributed by atoms with van der Waals surface area (Å²) in [6.45, 7) is 3.97. The number of nitrogens with one attached hydrogen (secondary N) is 1. The van der Waals surface area contributed by atoms with Crippen molar-refractivity contribution in [1.29, 1.82) is 0 Å². The first-order chi connectivity index (χ1) is 7.74. The van der Waals surface area contributed by atoms with Crippen molar-refractivity contribution >= 4 is 33.1 Å². The molecule has 2 aromatic rings. The second kappa shape index (κ2) is 4.32. The number of hydrogen-bond acceptors (Lipinski definition) is 4. The van der Waals surface area contributed by atoms with Crippen molar-refractivity contribution in [3.05, 3.63) is 35.9 Å². The number of anilines is 1. The summed E-state index contributed by atoms with van der Waals surface area (Å²) in [6.07, 6.45) is 3.31. The van der Waals surface area contributed by atoms with Gasteiger partial charge in [-0.1, -0.05) is 6.08 Å². The molecule has 0 aliphatic heterocycles. The van der Waals surface area contributed by atoms with Gasteiger partial charge in [0.1, 0.15) is 9.71 Å². The molecule has 1 amide bonds. The summed E-state index contributed by atoms with van der Waals surface area (Å²) in [5.41, 5.74) is 6.39. The molecule has 0 spiro atoms. The predicted molar refractivity (Wildman–Crippen MR) is 66.6 cm³/mol. The molecule has 2 heterocycles. The Morgan fingerprint density at radius 2 is 2.50 bits per heavy atom. The van der Waals surface area contributed by atoms with E-state index in [4.69, 9.17) is 5.73 Å². The van der Waals surface area contributed by atoms with Crippen molar-refractivity contribution in [2.75, 3.05) is 12.3 Å². The Morgan fingerprint density at radius 3 is 3.19 bits per heavy atom. The number of pyridine rings is 1. The predicted octanol–water partition coefficient (Wildman–Crippen LogP) is 1.79. The van der Waals surface area contributed by atoms with Crippen LogP contribution in [0.1, 0.15) is 9.67 Å². The van der Waals surface area contributed by atoms with Crippen molar-refractivity contribution in [3.63, 3.8) is 0 Å². The lowest BCUT2D eigenvalue weighted by Gasteiger charge is -1.99. The van der Waals surface area contributed by atoms with Gasteiger partial charge in [0.15, 0.2) is 0 Å². The molecule has 0 saturated carbocycles. The van der Waals surface area contributed by atoms with Crippen LogP contribution in [0.3, 0.4) is 0 Å². The Kier molecular flexibility index (Phi) is 2.87. The Bertz CT molecular complexity index is 547. The summed E-state index contributed by atoms with van der Waals surface area (Å²) < 4.78 is 0. The van der Waals surface area contributed by atoms with Crippen LogP contribution in [0.15, 0.2) is 31.0 Å². The molecule has 3 N–H and O–H groups in total. The number of thiophene rings is 1. The molecule has 0 atom stereocenters. The van der Waals surface area contributed by atoms with Crippen LogP contribution in [-0.4, -0.2) is 17.4 Å². The molecule has 2 aromatic heterocycles. The Morgan fingerprint density at radius 1 is 1.69 bits per heavy atom. The van der Waals surface area contributed by atoms with Crippen LogP contribution in [0.5, 0.6) is 0 Å². The van der Waals surface area contributed by atoms with E-state index in [9.17, 15) is 4.79 Å². The Labute approximate surface area is 96.8 Å². The van der Waals surface area contributed by atoms with Gasteiger partial charge in [0.25, 0.3) is 5.91 Å². The molecule has 0 radical (unpaired) electrons. The lowest BCUT2D eigenvalue weighted by Crippen LogP contribution is -2.22. The third-order valence-electron chi connectivity index (χ3n) is 2.12. The smallest absolute Gasteiger partial charge is 0.263 e. The molecule has 0 saturated heterocycles. The number of amides is 1. The normalized spacial score (nSPS) is 10.2. The van der Waals surface area contributed by atoms with Gasteiger partial charge in [0.2, 0.25) is 0 Å². The summed E-state index contributed by atoms with van der Waals surface area (Å²) in [5.74, 6) is -0.180. The number of nitrogen functional groups attached to an aromatic ring is 1. The Balaban J connectivity index is 2.41. The van der Waals surface area contributed by atoms with E-state index in [1.54, 1.807) is 18.3 Å². The van der Waals surface area contributed by atoms with Gasteiger partial charge in [-0.3, -0.25) is 4.79 Å². The molecule has 0 aromatic carbocycles. The van der Waals surface area contributed by atoms with Crippen LogP contribution in [0.2, 0.25) is 0 Å². The highest BCUT2D eigenvalue weighted by Crippen LogP contribution is 2.31. The van der Waals surface area contributed by atoms with E-state index < -0.39 is 0 Å². The third kappa shape index (κ3) is 1.77. The highest BCUT2D eigenvalue weighted by atomic mass is 32.1. The van der Waals surface area contributed by atoms with Crippen LogP contribution in [0, 0.1) is 0 Å². The van der Waals surface area contributed by atoms with Gasteiger partial charge in [-0.2, -0.15) is 0 Å². The highest BCUT2D eigenvalue weighted by molar-refractivity contribution is 7.21. The molecule has 0 unspecified atom stereocenters. The number of rotatable bonds is 3. The fraction of sp³-hybridized carbons (Fsp3) is 0.0909. The largest absolute Gasteiger partial charge is 0.397 e. The molecule has 82 valence electrons. The van der Waals surface area contributed by atoms with Crippen LogP contribution in [-0.2, 0) is 0 Å². The lowest BCUT2D eigenvalue weighted by molar-refractivity contribution is 0.0963. The van der Waals surface area contributed by atoms with Crippen molar-refractivity contribution in [3.8, 4) is 0 Å². The minimum atomic E-state index is -0.180. The first-order valence-corrected chi connectivity index (χ1v) is 5.57. The molecule has 4 nitrogen and oxygen atoms in total. The average molecular weight is 233 g/mol. The summed E-state index contributed by atoms with van der Waals surface area (Å²) in [5, 5.41) is 3.53. The number of fused-ring (bicyclic) bond motifs is 1. The minimum Gasteiger partial charge on any atom is -0.397 e. The second-order valence-corrected chi connectivity index (χ2v) is 4.20. The second-order valence-electron chi connectivity index (χ2n) is 3.20. The fourth-order valence-electron chi connectivity index (χ4n) is 1.36. The summed E-state index contributed by atoms with van der Waals surface area (Å²) in [4.78, 5) is 17.2. The molecule has 16 heavy (non-hydrogen) atoms. The van der Waals surface area contributed by atoms with Crippen molar-refractivity contribution in [2.24, 2.45) is 0 Å². The number of nitrogens with zero attached hydrogens (tertiary/aromatic N) is 1. The topological polar surface area (TPSA) is 68.0 Å². The van der Waals surface area contributed by atoms with Crippen LogP contribution in [0.4, 0.5) is 5.69 Å². The van der Waals surface area contributed by atoms with E-state index in [0.717, 1.165) is 10.2 Å². The van der Waals surface area contributed by atoms with Gasteiger partial charge >= 0.3 is 0 Å². The summed E-state index contributed by atoms with van der Waals surface area (Å²) >= 11 is 1.30. The zero-order valence-corrected chi connectivity index (χ0v) is 9.38. The standard InChI is InChI=1S/C11H11N3OS/c1-2-5-13-10(15)9-8(12)7-4-3-6-14-11(7)16-9/h2-4,6H,1,5,12H2,(H,13,15). The van der Waals surface area contributed by atoms with E-state index in [1.165, 1.54) is 11.3 Å². The van der Waals surface area contributed by atoms with Crippen molar-refractivity contribution in [2.45, 2.75) is 0 Å². The van der Waals surface area contributed by atoms with Gasteiger partial charge in [-0.05, 0) is 12.1 Å². The van der Waals surface area contributed by atoms with E-state index in [1.807, 2.05) is 6.07 Å². The fourth-order valence-corrected chi connectivity index (χ4v) is 2.34. The zero-order valence-electron chi connectivity index (χ0n) is 8.56. The SMILES string of the molecule is C=CCNC(=O)c1sc2ncccc2c1N. The van der Waals surface area contributed by atoms with Gasteiger partial charge in [-0.15, -0.1) is 17.9 Å². The van der Waals surface area contributed by atoms with E-state index in [0.29, 0.717) is 17.1 Å². The summed E-state index contributed by atoms with van der Waals surface area (Å²) in [6, 6.07) is 3.66. The first kappa shape index (κ1) is 10.6. The van der Waals surface area contributed by atoms with Gasteiger partial charge in [-0.25, -0.2) is 4.98 Å². The molecule has 5 heteroatoms. The Hall–Kier alpha value is -1.88. The maximum Gasteiger partial charge on any atom is 0.263 e. The highest BCUT2D eigenvalue weighted by Gasteiger charge is 2.15. The third-order valence-corrected chi connectivity index (χ3v) is 3.25. The first-order valence-electron chi connectivity index (χ1n) is 4.76. The van der Waals surface area contributed by atoms with Gasteiger partial charge < -0.3 is 11.1 Å². The molecule has 0 aliphatic carbocycles. The quantitative estimate of drug-likeness (QED) is 0.794. The molecular formula is C11H11N3OS. The number of nitrogens with two attached hydrogens (primary N) is 1. The lowest BCUT2D eigenvalue weighted by atomic mass is 10.2. The van der Waals surface area contributed by atoms with Crippen LogP contribution < -0.4 is 11.1 Å². The summed E-state index contributed by atoms with van der Waals surface area (Å²) in [7, 11) is 0. The molecule has 0 aliphatic rings. The minimum absolute atomic E-state index is 0.180. The zero-order chi connectivity index (χ0) is 11.5. The maximum atomic E-state index is 11.7. The van der Waals surface area contributed by atoms with E-state index >= 15 is 0 Å². The molecule has 0 bridgehead atoms. The van der Waals surface area contributed by atoms with Crippen LogP contribution in [0.25, 0.3) is 10.2 Å². The average Bonchev–Trinajstić information content (AvgIpc) is 2.64. The van der Waals surface area contributed by atoms with Gasteiger partial charge in [0.05, 0.1) is 5.69 Å². The molecule has 2 rings (SSSR count). The van der Waals surface area contributed by atoms with Gasteiger partial charge in [0, 0.05) is 18.1 Å². The number of hydrogen-bond donors (Lipinski definition) is 2. The maximum absolute atomic E-state index is 11.7. The molecular weight excluding hydrogens is 222 g/mol. The number of carbonyl (C=O) groups is 1.